The lowest BCUT2D eigenvalue weighted by molar-refractivity contribution is -0.118. The van der Waals surface area contributed by atoms with Crippen molar-refractivity contribution in [1.29, 1.82) is 0 Å². The second kappa shape index (κ2) is 6.98. The molecule has 3 heterocycles. The largest absolute Gasteiger partial charge is 0.367 e. The number of hydrogen-bond acceptors (Lipinski definition) is 4. The summed E-state index contributed by atoms with van der Waals surface area (Å²) in [5.41, 5.74) is 1.63. The fraction of sp³-hybridized carbons (Fsp3) is 0.588. The zero-order chi connectivity index (χ0) is 16.2. The Balaban J connectivity index is 1.67. The topological polar surface area (TPSA) is 56.8 Å². The van der Waals surface area contributed by atoms with Crippen molar-refractivity contribution in [2.75, 3.05) is 44.2 Å². The van der Waals surface area contributed by atoms with Crippen LogP contribution in [0.2, 0.25) is 0 Å². The van der Waals surface area contributed by atoms with Gasteiger partial charge in [-0.3, -0.25) is 14.6 Å². The van der Waals surface area contributed by atoms with E-state index in [-0.39, 0.29) is 5.91 Å². The number of pyridine rings is 1. The molecule has 6 nitrogen and oxygen atoms in total. The Labute approximate surface area is 137 Å². The predicted molar refractivity (Wildman–Crippen MR) is 88.4 cm³/mol. The first-order valence-corrected chi connectivity index (χ1v) is 8.36. The molecule has 1 aromatic rings. The molecule has 0 spiro atoms. The average Bonchev–Trinajstić information content (AvgIpc) is 2.62. The van der Waals surface area contributed by atoms with Crippen molar-refractivity contribution in [3.63, 3.8) is 0 Å². The van der Waals surface area contributed by atoms with Gasteiger partial charge in [-0.25, -0.2) is 0 Å². The second-order valence-corrected chi connectivity index (χ2v) is 6.53. The lowest BCUT2D eigenvalue weighted by Crippen LogP contribution is -2.45. The van der Waals surface area contributed by atoms with Crippen molar-refractivity contribution >= 4 is 18.0 Å². The van der Waals surface area contributed by atoms with E-state index in [1.807, 2.05) is 11.0 Å². The van der Waals surface area contributed by atoms with Crippen LogP contribution in [0.25, 0.3) is 0 Å². The van der Waals surface area contributed by atoms with E-state index in [0.29, 0.717) is 24.6 Å². The Bertz CT molecular complexity index is 561. The number of likely N-dealkylation sites (tertiary alicyclic amines) is 1. The molecule has 124 valence electrons. The van der Waals surface area contributed by atoms with Crippen LogP contribution in [0.5, 0.6) is 0 Å². The summed E-state index contributed by atoms with van der Waals surface area (Å²) in [5.74, 6) is 0.787. The van der Waals surface area contributed by atoms with Gasteiger partial charge in [0.15, 0.2) is 0 Å². The standard InChI is InChI=1S/C17H24N4O2/c1-14-2-4-21(5-3-14)17(23)15-10-16(12-18-11-15)20-8-6-19(13-22)7-9-20/h10-14H,2-9H2,1H3. The molecule has 0 atom stereocenters. The van der Waals surface area contributed by atoms with Crippen molar-refractivity contribution in [3.05, 3.63) is 24.0 Å². The fourth-order valence-electron chi connectivity index (χ4n) is 3.20. The van der Waals surface area contributed by atoms with Crippen LogP contribution in [0.1, 0.15) is 30.1 Å². The summed E-state index contributed by atoms with van der Waals surface area (Å²) in [4.78, 5) is 33.6. The molecule has 2 saturated heterocycles. The summed E-state index contributed by atoms with van der Waals surface area (Å²) >= 11 is 0. The van der Waals surface area contributed by atoms with E-state index >= 15 is 0 Å². The quantitative estimate of drug-likeness (QED) is 0.787. The predicted octanol–water partition coefficient (Wildman–Crippen LogP) is 1.23. The van der Waals surface area contributed by atoms with Crippen LogP contribution in [0.15, 0.2) is 18.5 Å². The van der Waals surface area contributed by atoms with E-state index in [4.69, 9.17) is 0 Å². The molecule has 1 aromatic heterocycles. The fourth-order valence-corrected chi connectivity index (χ4v) is 3.20. The molecule has 2 fully saturated rings. The van der Waals surface area contributed by atoms with E-state index in [0.717, 1.165) is 51.1 Å². The molecular formula is C17H24N4O2. The van der Waals surface area contributed by atoms with Crippen molar-refractivity contribution < 1.29 is 9.59 Å². The number of amides is 2. The molecule has 0 aromatic carbocycles. The molecule has 0 radical (unpaired) electrons. The summed E-state index contributed by atoms with van der Waals surface area (Å²) in [7, 11) is 0. The Hall–Kier alpha value is -2.11. The van der Waals surface area contributed by atoms with E-state index in [1.165, 1.54) is 0 Å². The van der Waals surface area contributed by atoms with Gasteiger partial charge in [0.05, 0.1) is 17.4 Å². The number of piperidine rings is 1. The number of rotatable bonds is 3. The van der Waals surface area contributed by atoms with Crippen LogP contribution in [0.4, 0.5) is 5.69 Å². The first-order chi connectivity index (χ1) is 11.2. The second-order valence-electron chi connectivity index (χ2n) is 6.53. The average molecular weight is 316 g/mol. The van der Waals surface area contributed by atoms with Crippen molar-refractivity contribution in [2.24, 2.45) is 5.92 Å². The molecule has 0 aliphatic carbocycles. The van der Waals surface area contributed by atoms with Crippen LogP contribution in [-0.4, -0.2) is 66.4 Å². The number of carbonyl (C=O) groups excluding carboxylic acids is 2. The summed E-state index contributed by atoms with van der Waals surface area (Å²) in [6, 6.07) is 1.93. The number of piperazine rings is 1. The Morgan fingerprint density at radius 2 is 1.83 bits per heavy atom. The van der Waals surface area contributed by atoms with Gasteiger partial charge in [0.25, 0.3) is 5.91 Å². The highest BCUT2D eigenvalue weighted by molar-refractivity contribution is 5.94. The molecule has 3 rings (SSSR count). The van der Waals surface area contributed by atoms with Crippen molar-refractivity contribution in [1.82, 2.24) is 14.8 Å². The first kappa shape index (κ1) is 15.8. The van der Waals surface area contributed by atoms with Gasteiger partial charge >= 0.3 is 0 Å². The Kier molecular flexibility index (Phi) is 4.79. The highest BCUT2D eigenvalue weighted by Gasteiger charge is 2.23. The number of carbonyl (C=O) groups is 2. The van der Waals surface area contributed by atoms with E-state index in [1.54, 1.807) is 17.3 Å². The zero-order valence-electron chi connectivity index (χ0n) is 13.6. The van der Waals surface area contributed by atoms with Gasteiger partial charge in [-0.2, -0.15) is 0 Å². The maximum absolute atomic E-state index is 12.7. The molecule has 2 amide bonds. The third-order valence-electron chi connectivity index (χ3n) is 4.87. The van der Waals surface area contributed by atoms with Gasteiger partial charge in [0.1, 0.15) is 0 Å². The monoisotopic (exact) mass is 316 g/mol. The van der Waals surface area contributed by atoms with E-state index in [2.05, 4.69) is 16.8 Å². The SMILES string of the molecule is CC1CCN(C(=O)c2cncc(N3CCN(C=O)CC3)c2)CC1. The van der Waals surface area contributed by atoms with Gasteiger partial charge in [-0.15, -0.1) is 0 Å². The number of anilines is 1. The van der Waals surface area contributed by atoms with Gasteiger partial charge < -0.3 is 14.7 Å². The molecule has 2 aliphatic heterocycles. The molecule has 23 heavy (non-hydrogen) atoms. The van der Waals surface area contributed by atoms with Gasteiger partial charge in [0, 0.05) is 45.5 Å². The number of aromatic nitrogens is 1. The van der Waals surface area contributed by atoms with Crippen LogP contribution >= 0.6 is 0 Å². The smallest absolute Gasteiger partial charge is 0.255 e. The van der Waals surface area contributed by atoms with Crippen LogP contribution in [0.3, 0.4) is 0 Å². The molecule has 0 unspecified atom stereocenters. The lowest BCUT2D eigenvalue weighted by Gasteiger charge is -2.34. The van der Waals surface area contributed by atoms with Crippen molar-refractivity contribution in [3.8, 4) is 0 Å². The minimum absolute atomic E-state index is 0.0813. The molecule has 6 heteroatoms. The molecule has 0 N–H and O–H groups in total. The number of nitrogens with zero attached hydrogens (tertiary/aromatic N) is 4. The maximum atomic E-state index is 12.7. The van der Waals surface area contributed by atoms with Gasteiger partial charge in [-0.1, -0.05) is 6.92 Å². The molecule has 0 bridgehead atoms. The Morgan fingerprint density at radius 1 is 1.13 bits per heavy atom. The highest BCUT2D eigenvalue weighted by atomic mass is 16.2. The molecule has 0 saturated carbocycles. The minimum atomic E-state index is 0.0813. The van der Waals surface area contributed by atoms with Crippen LogP contribution < -0.4 is 4.90 Å². The summed E-state index contributed by atoms with van der Waals surface area (Å²) < 4.78 is 0. The minimum Gasteiger partial charge on any atom is -0.367 e. The Morgan fingerprint density at radius 3 is 2.48 bits per heavy atom. The summed E-state index contributed by atoms with van der Waals surface area (Å²) in [6.45, 7) is 6.89. The lowest BCUT2D eigenvalue weighted by atomic mass is 9.99. The summed E-state index contributed by atoms with van der Waals surface area (Å²) in [5, 5.41) is 0. The van der Waals surface area contributed by atoms with E-state index in [9.17, 15) is 9.59 Å². The van der Waals surface area contributed by atoms with Gasteiger partial charge in [0.2, 0.25) is 6.41 Å². The zero-order valence-corrected chi connectivity index (χ0v) is 13.6. The van der Waals surface area contributed by atoms with Gasteiger partial charge in [-0.05, 0) is 24.8 Å². The first-order valence-electron chi connectivity index (χ1n) is 8.36. The van der Waals surface area contributed by atoms with E-state index < -0.39 is 0 Å². The van der Waals surface area contributed by atoms with Crippen LogP contribution in [-0.2, 0) is 4.79 Å². The van der Waals surface area contributed by atoms with Crippen LogP contribution in [0, 0.1) is 5.92 Å². The third-order valence-corrected chi connectivity index (χ3v) is 4.87. The number of hydrogen-bond donors (Lipinski definition) is 0. The van der Waals surface area contributed by atoms with Crippen molar-refractivity contribution in [2.45, 2.75) is 19.8 Å². The maximum Gasteiger partial charge on any atom is 0.255 e. The summed E-state index contributed by atoms with van der Waals surface area (Å²) in [6.07, 6.45) is 6.50. The molecular weight excluding hydrogens is 292 g/mol. The molecule has 2 aliphatic rings. The normalized spacial score (nSPS) is 19.8. The highest BCUT2D eigenvalue weighted by Crippen LogP contribution is 2.21. The third kappa shape index (κ3) is 3.63.